The molecule has 10 heavy (non-hydrogen) atoms. The molecule has 2 heteroatoms. The average Bonchev–Trinajstić information content (AvgIpc) is 2.30. The lowest BCUT2D eigenvalue weighted by atomic mass is 9.95. The maximum absolute atomic E-state index is 10.9. The number of ketones is 1. The van der Waals surface area contributed by atoms with E-state index < -0.39 is 0 Å². The van der Waals surface area contributed by atoms with Crippen molar-refractivity contribution in [3.8, 4) is 0 Å². The van der Waals surface area contributed by atoms with Crippen molar-refractivity contribution in [3.05, 3.63) is 0 Å². The summed E-state index contributed by atoms with van der Waals surface area (Å²) in [4.78, 5) is 10.9. The summed E-state index contributed by atoms with van der Waals surface area (Å²) in [5, 5.41) is 8.83. The van der Waals surface area contributed by atoms with Crippen LogP contribution in [0, 0.1) is 11.8 Å². The Morgan fingerprint density at radius 2 is 2.10 bits per heavy atom. The Balaban J connectivity index is 2.48. The number of carbonyl (C=O) groups is 1. The fraction of sp³-hybridized carbons (Fsp3) is 0.875. The Hall–Kier alpha value is -0.370. The zero-order valence-electron chi connectivity index (χ0n) is 6.34. The summed E-state index contributed by atoms with van der Waals surface area (Å²) in [6, 6.07) is 0. The van der Waals surface area contributed by atoms with E-state index in [-0.39, 0.29) is 12.5 Å². The molecule has 0 bridgehead atoms. The molecule has 2 unspecified atom stereocenters. The van der Waals surface area contributed by atoms with Gasteiger partial charge in [0.25, 0.3) is 0 Å². The van der Waals surface area contributed by atoms with Crippen LogP contribution < -0.4 is 0 Å². The summed E-state index contributed by atoms with van der Waals surface area (Å²) in [6.45, 7) is 2.26. The second-order valence-electron chi connectivity index (χ2n) is 3.06. The quantitative estimate of drug-likeness (QED) is 0.624. The Bertz CT molecular complexity index is 117. The SMILES string of the molecule is CCC1CC(=O)CC1CO. The van der Waals surface area contributed by atoms with Crippen molar-refractivity contribution < 1.29 is 9.90 Å². The van der Waals surface area contributed by atoms with Gasteiger partial charge < -0.3 is 5.11 Å². The van der Waals surface area contributed by atoms with Crippen LogP contribution in [-0.2, 0) is 4.79 Å². The van der Waals surface area contributed by atoms with Gasteiger partial charge in [-0.15, -0.1) is 0 Å². The summed E-state index contributed by atoms with van der Waals surface area (Å²) >= 11 is 0. The molecule has 0 spiro atoms. The number of Topliss-reactive ketones (excluding diaryl/α,β-unsaturated/α-hetero) is 1. The van der Waals surface area contributed by atoms with Crippen molar-refractivity contribution in [1.82, 2.24) is 0 Å². The van der Waals surface area contributed by atoms with Crippen LogP contribution in [-0.4, -0.2) is 17.5 Å². The van der Waals surface area contributed by atoms with E-state index in [4.69, 9.17) is 5.11 Å². The molecular formula is C8H14O2. The molecule has 1 aliphatic carbocycles. The third kappa shape index (κ3) is 1.37. The highest BCUT2D eigenvalue weighted by Gasteiger charge is 2.30. The molecule has 0 radical (unpaired) electrons. The van der Waals surface area contributed by atoms with E-state index in [0.29, 0.717) is 24.5 Å². The largest absolute Gasteiger partial charge is 0.396 e. The number of aliphatic hydroxyl groups excluding tert-OH is 1. The number of hydrogen-bond donors (Lipinski definition) is 1. The molecule has 0 saturated heterocycles. The highest BCUT2D eigenvalue weighted by Crippen LogP contribution is 2.30. The van der Waals surface area contributed by atoms with Crippen molar-refractivity contribution in [2.75, 3.05) is 6.61 Å². The van der Waals surface area contributed by atoms with Crippen LogP contribution in [0.3, 0.4) is 0 Å². The molecule has 0 aromatic rings. The van der Waals surface area contributed by atoms with Gasteiger partial charge in [-0.25, -0.2) is 0 Å². The van der Waals surface area contributed by atoms with E-state index in [2.05, 4.69) is 6.92 Å². The van der Waals surface area contributed by atoms with E-state index in [1.807, 2.05) is 0 Å². The molecule has 0 aromatic heterocycles. The summed E-state index contributed by atoms with van der Waals surface area (Å²) in [5.74, 6) is 1.04. The minimum Gasteiger partial charge on any atom is -0.396 e. The first-order valence-electron chi connectivity index (χ1n) is 3.90. The van der Waals surface area contributed by atoms with Gasteiger partial charge in [-0.05, 0) is 11.8 Å². The topological polar surface area (TPSA) is 37.3 Å². The highest BCUT2D eigenvalue weighted by molar-refractivity contribution is 5.81. The molecule has 0 aliphatic heterocycles. The zero-order valence-corrected chi connectivity index (χ0v) is 6.34. The van der Waals surface area contributed by atoms with E-state index in [1.165, 1.54) is 0 Å². The fourth-order valence-electron chi connectivity index (χ4n) is 1.69. The van der Waals surface area contributed by atoms with Crippen LogP contribution in [0.25, 0.3) is 0 Å². The van der Waals surface area contributed by atoms with E-state index in [9.17, 15) is 4.79 Å². The summed E-state index contributed by atoms with van der Waals surface area (Å²) in [5.41, 5.74) is 0. The van der Waals surface area contributed by atoms with Crippen molar-refractivity contribution in [3.63, 3.8) is 0 Å². The van der Waals surface area contributed by atoms with Crippen molar-refractivity contribution >= 4 is 5.78 Å². The van der Waals surface area contributed by atoms with Gasteiger partial charge in [-0.3, -0.25) is 4.79 Å². The maximum Gasteiger partial charge on any atom is 0.133 e. The summed E-state index contributed by atoms with van der Waals surface area (Å²) < 4.78 is 0. The standard InChI is InChI=1S/C8H14O2/c1-2-6-3-8(10)4-7(6)5-9/h6-7,9H,2-5H2,1H3. The van der Waals surface area contributed by atoms with Gasteiger partial charge >= 0.3 is 0 Å². The number of rotatable bonds is 2. The molecule has 1 fully saturated rings. The Kier molecular flexibility index (Phi) is 2.44. The second kappa shape index (κ2) is 3.15. The molecule has 1 saturated carbocycles. The molecule has 1 N–H and O–H groups in total. The Labute approximate surface area is 61.2 Å². The molecule has 0 aromatic carbocycles. The molecule has 0 heterocycles. The molecule has 1 aliphatic rings. The first kappa shape index (κ1) is 7.73. The molecular weight excluding hydrogens is 128 g/mol. The predicted molar refractivity (Wildman–Crippen MR) is 38.6 cm³/mol. The van der Waals surface area contributed by atoms with Crippen LogP contribution in [0.2, 0.25) is 0 Å². The number of carbonyl (C=O) groups excluding carboxylic acids is 1. The highest BCUT2D eigenvalue weighted by atomic mass is 16.3. The molecule has 2 atom stereocenters. The van der Waals surface area contributed by atoms with Gasteiger partial charge in [-0.2, -0.15) is 0 Å². The number of hydrogen-bond acceptors (Lipinski definition) is 2. The molecule has 1 rings (SSSR count). The Morgan fingerprint density at radius 3 is 2.50 bits per heavy atom. The van der Waals surface area contributed by atoms with Gasteiger partial charge in [0.15, 0.2) is 0 Å². The van der Waals surface area contributed by atoms with Crippen molar-refractivity contribution in [1.29, 1.82) is 0 Å². The first-order chi connectivity index (χ1) is 4.77. The van der Waals surface area contributed by atoms with Gasteiger partial charge in [-0.1, -0.05) is 13.3 Å². The van der Waals surface area contributed by atoms with Crippen molar-refractivity contribution in [2.24, 2.45) is 11.8 Å². The van der Waals surface area contributed by atoms with Crippen LogP contribution in [0.1, 0.15) is 26.2 Å². The second-order valence-corrected chi connectivity index (χ2v) is 3.06. The predicted octanol–water partition coefficient (Wildman–Crippen LogP) is 0.984. The van der Waals surface area contributed by atoms with Crippen LogP contribution in [0.4, 0.5) is 0 Å². The smallest absolute Gasteiger partial charge is 0.133 e. The minimum absolute atomic E-state index is 0.185. The minimum atomic E-state index is 0.185. The third-order valence-electron chi connectivity index (χ3n) is 2.41. The molecule has 2 nitrogen and oxygen atoms in total. The zero-order chi connectivity index (χ0) is 7.56. The van der Waals surface area contributed by atoms with Crippen molar-refractivity contribution in [2.45, 2.75) is 26.2 Å². The van der Waals surface area contributed by atoms with E-state index >= 15 is 0 Å². The lowest BCUT2D eigenvalue weighted by Crippen LogP contribution is -2.10. The summed E-state index contributed by atoms with van der Waals surface area (Å²) in [6.07, 6.45) is 2.33. The summed E-state index contributed by atoms with van der Waals surface area (Å²) in [7, 11) is 0. The van der Waals surface area contributed by atoms with Gasteiger partial charge in [0.2, 0.25) is 0 Å². The van der Waals surface area contributed by atoms with E-state index in [0.717, 1.165) is 6.42 Å². The molecule has 0 amide bonds. The van der Waals surface area contributed by atoms with Gasteiger partial charge in [0.05, 0.1) is 0 Å². The van der Waals surface area contributed by atoms with Crippen LogP contribution in [0.15, 0.2) is 0 Å². The van der Waals surface area contributed by atoms with Crippen LogP contribution >= 0.6 is 0 Å². The monoisotopic (exact) mass is 142 g/mol. The van der Waals surface area contributed by atoms with E-state index in [1.54, 1.807) is 0 Å². The average molecular weight is 142 g/mol. The van der Waals surface area contributed by atoms with Crippen LogP contribution in [0.5, 0.6) is 0 Å². The molecule has 58 valence electrons. The fourth-order valence-corrected chi connectivity index (χ4v) is 1.69. The number of aliphatic hydroxyl groups is 1. The lowest BCUT2D eigenvalue weighted by molar-refractivity contribution is -0.117. The Morgan fingerprint density at radius 1 is 1.50 bits per heavy atom. The van der Waals surface area contributed by atoms with Gasteiger partial charge in [0, 0.05) is 19.4 Å². The maximum atomic E-state index is 10.9. The third-order valence-corrected chi connectivity index (χ3v) is 2.41. The normalized spacial score (nSPS) is 33.2. The van der Waals surface area contributed by atoms with Gasteiger partial charge in [0.1, 0.15) is 5.78 Å². The first-order valence-corrected chi connectivity index (χ1v) is 3.90. The lowest BCUT2D eigenvalue weighted by Gasteiger charge is -2.12.